The van der Waals surface area contributed by atoms with Crippen LogP contribution in [0.3, 0.4) is 0 Å². The van der Waals surface area contributed by atoms with Gasteiger partial charge < -0.3 is 28.4 Å². The third kappa shape index (κ3) is 5.60. The lowest BCUT2D eigenvalue weighted by Gasteiger charge is -2.17. The molecule has 6 nitrogen and oxygen atoms in total. The number of fused-ring (bicyclic) bond motifs is 3. The first-order valence-corrected chi connectivity index (χ1v) is 18.5. The van der Waals surface area contributed by atoms with E-state index < -0.39 is 0 Å². The van der Waals surface area contributed by atoms with Gasteiger partial charge in [0.05, 0.1) is 52.9 Å². The first-order chi connectivity index (χ1) is 20.7. The summed E-state index contributed by atoms with van der Waals surface area (Å²) >= 11 is 7.02. The Kier molecular flexibility index (Phi) is 9.73. The normalized spacial score (nSPS) is 14.1. The Labute approximate surface area is 264 Å². The van der Waals surface area contributed by atoms with E-state index in [1.807, 2.05) is 0 Å². The highest BCUT2D eigenvalue weighted by Crippen LogP contribution is 2.62. The molecule has 0 radical (unpaired) electrons. The van der Waals surface area contributed by atoms with E-state index in [2.05, 4.69) is 13.8 Å². The van der Waals surface area contributed by atoms with Crippen molar-refractivity contribution in [2.75, 3.05) is 40.6 Å². The summed E-state index contributed by atoms with van der Waals surface area (Å²) in [5, 5.41) is 0. The summed E-state index contributed by atoms with van der Waals surface area (Å²) < 4.78 is 39.2. The first kappa shape index (κ1) is 29.9. The lowest BCUT2D eigenvalue weighted by Crippen LogP contribution is -2.15. The number of thiophene rings is 4. The molecular formula is C32H40O6S4. The van der Waals surface area contributed by atoms with Crippen LogP contribution in [0.5, 0.6) is 34.5 Å². The van der Waals surface area contributed by atoms with Crippen LogP contribution in [0.1, 0.15) is 75.0 Å². The SMILES string of the molecule is CCCCCCc1sc(-c2sc3c(OC)c(-c4sc(CCCCCC)c5c4OCCO5)sc3c2OC)c2c1OCCO2. The highest BCUT2D eigenvalue weighted by atomic mass is 32.1. The number of methoxy groups -OCH3 is 2. The maximum Gasteiger partial charge on any atom is 0.181 e. The molecule has 2 aliphatic heterocycles. The molecule has 0 unspecified atom stereocenters. The van der Waals surface area contributed by atoms with Crippen molar-refractivity contribution in [2.24, 2.45) is 0 Å². The first-order valence-electron chi connectivity index (χ1n) is 15.2. The zero-order valence-electron chi connectivity index (χ0n) is 25.0. The molecule has 10 heteroatoms. The molecule has 6 heterocycles. The lowest BCUT2D eigenvalue weighted by molar-refractivity contribution is 0.172. The molecular weight excluding hydrogens is 609 g/mol. The second-order valence-electron chi connectivity index (χ2n) is 10.6. The second-order valence-corrected chi connectivity index (χ2v) is 14.9. The molecule has 0 fully saturated rings. The van der Waals surface area contributed by atoms with Gasteiger partial charge in [0.25, 0.3) is 0 Å². The maximum atomic E-state index is 6.23. The fourth-order valence-corrected chi connectivity index (χ4v) is 11.1. The Morgan fingerprint density at radius 2 is 0.905 bits per heavy atom. The van der Waals surface area contributed by atoms with Gasteiger partial charge in [-0.05, 0) is 25.7 Å². The largest absolute Gasteiger partial charge is 0.494 e. The average Bonchev–Trinajstić information content (AvgIpc) is 3.76. The van der Waals surface area contributed by atoms with Gasteiger partial charge in [-0.1, -0.05) is 52.4 Å². The van der Waals surface area contributed by atoms with Crippen molar-refractivity contribution in [3.05, 3.63) is 9.75 Å². The Hall–Kier alpha value is -2.14. The summed E-state index contributed by atoms with van der Waals surface area (Å²) in [6.45, 7) is 6.81. The van der Waals surface area contributed by atoms with E-state index in [9.17, 15) is 0 Å². The van der Waals surface area contributed by atoms with Crippen molar-refractivity contribution < 1.29 is 28.4 Å². The van der Waals surface area contributed by atoms with Crippen molar-refractivity contribution in [1.82, 2.24) is 0 Å². The number of ether oxygens (including phenoxy) is 6. The van der Waals surface area contributed by atoms with Gasteiger partial charge in [-0.3, -0.25) is 0 Å². The Balaban J connectivity index is 1.40. The quantitative estimate of drug-likeness (QED) is 0.127. The van der Waals surface area contributed by atoms with E-state index in [4.69, 9.17) is 28.4 Å². The van der Waals surface area contributed by atoms with Crippen LogP contribution in [0.4, 0.5) is 0 Å². The molecule has 0 bridgehead atoms. The van der Waals surface area contributed by atoms with Gasteiger partial charge in [-0.15, -0.1) is 45.3 Å². The number of hydrogen-bond acceptors (Lipinski definition) is 10. The van der Waals surface area contributed by atoms with E-state index in [0.29, 0.717) is 26.4 Å². The Morgan fingerprint density at radius 1 is 0.500 bits per heavy atom. The minimum absolute atomic E-state index is 0.563. The van der Waals surface area contributed by atoms with E-state index in [-0.39, 0.29) is 0 Å². The lowest BCUT2D eigenvalue weighted by atomic mass is 10.1. The fraction of sp³-hybridized carbons (Fsp3) is 0.562. The fourth-order valence-electron chi connectivity index (χ4n) is 5.64. The van der Waals surface area contributed by atoms with Crippen LogP contribution in [0.2, 0.25) is 0 Å². The number of hydrogen-bond donors (Lipinski definition) is 0. The summed E-state index contributed by atoms with van der Waals surface area (Å²) in [5.74, 6) is 5.35. The highest BCUT2D eigenvalue weighted by molar-refractivity contribution is 7.35. The minimum Gasteiger partial charge on any atom is -0.494 e. The number of aryl methyl sites for hydroxylation is 2. The van der Waals surface area contributed by atoms with Crippen LogP contribution in [-0.2, 0) is 12.8 Å². The number of rotatable bonds is 14. The van der Waals surface area contributed by atoms with Gasteiger partial charge >= 0.3 is 0 Å². The van der Waals surface area contributed by atoms with Crippen LogP contribution in [0, 0.1) is 0 Å². The molecule has 4 aromatic heterocycles. The Morgan fingerprint density at radius 3 is 1.29 bits per heavy atom. The summed E-state index contributed by atoms with van der Waals surface area (Å²) in [6.07, 6.45) is 11.8. The molecule has 6 rings (SSSR count). The van der Waals surface area contributed by atoms with E-state index in [1.165, 1.54) is 48.3 Å². The molecule has 228 valence electrons. The van der Waals surface area contributed by atoms with Crippen molar-refractivity contribution >= 4 is 54.7 Å². The average molecular weight is 649 g/mol. The Bertz CT molecular complexity index is 1400. The zero-order chi connectivity index (χ0) is 29.1. The van der Waals surface area contributed by atoms with Crippen LogP contribution < -0.4 is 28.4 Å². The molecule has 42 heavy (non-hydrogen) atoms. The smallest absolute Gasteiger partial charge is 0.181 e. The molecule has 0 amide bonds. The van der Waals surface area contributed by atoms with Gasteiger partial charge in [0.2, 0.25) is 0 Å². The predicted molar refractivity (Wildman–Crippen MR) is 177 cm³/mol. The van der Waals surface area contributed by atoms with E-state index in [1.54, 1.807) is 59.6 Å². The van der Waals surface area contributed by atoms with Gasteiger partial charge in [-0.2, -0.15) is 0 Å². The van der Waals surface area contributed by atoms with E-state index in [0.717, 1.165) is 89.1 Å². The highest BCUT2D eigenvalue weighted by Gasteiger charge is 2.33. The molecule has 0 aliphatic carbocycles. The summed E-state index contributed by atoms with van der Waals surface area (Å²) in [7, 11) is 3.52. The van der Waals surface area contributed by atoms with Crippen LogP contribution >= 0.6 is 45.3 Å². The topological polar surface area (TPSA) is 55.4 Å². The summed E-state index contributed by atoms with van der Waals surface area (Å²) in [6, 6.07) is 0. The molecule has 0 saturated carbocycles. The van der Waals surface area contributed by atoms with Gasteiger partial charge in [0.15, 0.2) is 34.5 Å². The van der Waals surface area contributed by atoms with Gasteiger partial charge in [0, 0.05) is 0 Å². The van der Waals surface area contributed by atoms with Crippen LogP contribution in [-0.4, -0.2) is 40.6 Å². The maximum absolute atomic E-state index is 6.23. The predicted octanol–water partition coefficient (Wildman–Crippen LogP) is 10.2. The third-order valence-corrected chi connectivity index (χ3v) is 12.9. The van der Waals surface area contributed by atoms with Crippen molar-refractivity contribution in [2.45, 2.75) is 78.1 Å². The second kappa shape index (κ2) is 13.7. The standard InChI is InChI=1S/C32H40O6S4/c1-5-7-9-11-13-19-21-23(37-17-15-35-21)27(39-19)29-25(33-3)31-32(41-29)26(34-4)30(42-31)28-24-22(36-16-18-38-24)20(40-28)14-12-10-8-6-2/h5-18H2,1-4H3. The summed E-state index contributed by atoms with van der Waals surface area (Å²) in [4.78, 5) is 6.92. The third-order valence-electron chi connectivity index (χ3n) is 7.71. The molecule has 0 spiro atoms. The number of unbranched alkanes of at least 4 members (excludes halogenated alkanes) is 6. The molecule has 0 aromatic carbocycles. The van der Waals surface area contributed by atoms with Crippen molar-refractivity contribution in [3.8, 4) is 54.0 Å². The molecule has 0 saturated heterocycles. The molecule has 0 N–H and O–H groups in total. The van der Waals surface area contributed by atoms with Crippen molar-refractivity contribution in [3.63, 3.8) is 0 Å². The van der Waals surface area contributed by atoms with Crippen LogP contribution in [0.25, 0.3) is 28.9 Å². The summed E-state index contributed by atoms with van der Waals surface area (Å²) in [5.41, 5.74) is 0. The van der Waals surface area contributed by atoms with Gasteiger partial charge in [-0.25, -0.2) is 0 Å². The minimum atomic E-state index is 0.563. The van der Waals surface area contributed by atoms with Crippen LogP contribution in [0.15, 0.2) is 0 Å². The van der Waals surface area contributed by atoms with E-state index >= 15 is 0 Å². The van der Waals surface area contributed by atoms with Crippen molar-refractivity contribution in [1.29, 1.82) is 0 Å². The zero-order valence-corrected chi connectivity index (χ0v) is 28.2. The molecule has 2 aliphatic rings. The monoisotopic (exact) mass is 648 g/mol. The molecule has 4 aromatic rings. The molecule has 0 atom stereocenters. The van der Waals surface area contributed by atoms with Gasteiger partial charge in [0.1, 0.15) is 26.4 Å².